The number of aromatic nitrogens is 2. The Balaban J connectivity index is 1.55. The summed E-state index contributed by atoms with van der Waals surface area (Å²) >= 11 is 0. The van der Waals surface area contributed by atoms with Crippen LogP contribution in [0.1, 0.15) is 11.5 Å². The Morgan fingerprint density at radius 2 is 1.96 bits per heavy atom. The molecule has 0 saturated carbocycles. The minimum atomic E-state index is 0.570. The van der Waals surface area contributed by atoms with Gasteiger partial charge in [0.1, 0.15) is 11.5 Å². The van der Waals surface area contributed by atoms with E-state index in [0.29, 0.717) is 19.0 Å². The number of furan rings is 1. The fourth-order valence-electron chi connectivity index (χ4n) is 2.31. The van der Waals surface area contributed by atoms with E-state index in [4.69, 9.17) is 9.15 Å². The zero-order valence-electron chi connectivity index (χ0n) is 14.3. The summed E-state index contributed by atoms with van der Waals surface area (Å²) in [6.45, 7) is 1.15. The van der Waals surface area contributed by atoms with Crippen LogP contribution in [0.5, 0.6) is 5.75 Å². The number of hydrogen-bond donors (Lipinski definition) is 2. The highest BCUT2D eigenvalue weighted by Gasteiger charge is 2.04. The molecule has 0 unspecified atom stereocenters. The minimum Gasteiger partial charge on any atom is -0.497 e. The highest BCUT2D eigenvalue weighted by molar-refractivity contribution is 5.79. The van der Waals surface area contributed by atoms with E-state index >= 15 is 0 Å². The lowest BCUT2D eigenvalue weighted by Gasteiger charge is -2.09. The van der Waals surface area contributed by atoms with Crippen LogP contribution in [-0.2, 0) is 13.1 Å². The monoisotopic (exact) mass is 339 g/mol. The Hall–Kier alpha value is -3.22. The van der Waals surface area contributed by atoms with Crippen LogP contribution in [0.4, 0.5) is 0 Å². The first-order valence-electron chi connectivity index (χ1n) is 7.94. The predicted octanol–water partition coefficient (Wildman–Crippen LogP) is 2.34. The van der Waals surface area contributed by atoms with E-state index < -0.39 is 0 Å². The van der Waals surface area contributed by atoms with Crippen LogP contribution in [0.15, 0.2) is 64.3 Å². The van der Waals surface area contributed by atoms with Crippen molar-refractivity contribution in [2.75, 3.05) is 14.2 Å². The maximum Gasteiger partial charge on any atom is 0.191 e. The molecular weight excluding hydrogens is 318 g/mol. The van der Waals surface area contributed by atoms with E-state index in [2.05, 4.69) is 20.7 Å². The highest BCUT2D eigenvalue weighted by atomic mass is 16.5. The minimum absolute atomic E-state index is 0.570. The number of benzene rings is 1. The van der Waals surface area contributed by atoms with Gasteiger partial charge in [-0.1, -0.05) is 0 Å². The second kappa shape index (κ2) is 8.05. The molecule has 2 aromatic heterocycles. The van der Waals surface area contributed by atoms with E-state index in [1.807, 2.05) is 53.3 Å². The van der Waals surface area contributed by atoms with E-state index in [1.165, 1.54) is 0 Å². The molecule has 0 aliphatic carbocycles. The number of nitrogens with one attached hydrogen (secondary N) is 2. The lowest BCUT2D eigenvalue weighted by molar-refractivity contribution is 0.414. The molecule has 3 rings (SSSR count). The van der Waals surface area contributed by atoms with Gasteiger partial charge in [-0.25, -0.2) is 4.68 Å². The standard InChI is InChI=1S/C18H21N5O2/c1-19-18(21-13-17-4-3-11-25-17)20-12-14-9-10-23(22-14)15-5-7-16(24-2)8-6-15/h3-11H,12-13H2,1-2H3,(H2,19,20,21). The molecule has 7 nitrogen and oxygen atoms in total. The van der Waals surface area contributed by atoms with Crippen LogP contribution >= 0.6 is 0 Å². The Morgan fingerprint density at radius 3 is 2.64 bits per heavy atom. The van der Waals surface area contributed by atoms with Crippen molar-refractivity contribution < 1.29 is 9.15 Å². The van der Waals surface area contributed by atoms with Crippen molar-refractivity contribution >= 4 is 5.96 Å². The fraction of sp³-hybridized carbons (Fsp3) is 0.222. The Kier molecular flexibility index (Phi) is 5.36. The zero-order chi connectivity index (χ0) is 17.5. The summed E-state index contributed by atoms with van der Waals surface area (Å²) in [5.41, 5.74) is 1.89. The Morgan fingerprint density at radius 1 is 1.16 bits per heavy atom. The zero-order valence-corrected chi connectivity index (χ0v) is 14.3. The topological polar surface area (TPSA) is 76.6 Å². The van der Waals surface area contributed by atoms with Gasteiger partial charge < -0.3 is 19.8 Å². The van der Waals surface area contributed by atoms with Crippen molar-refractivity contribution in [1.82, 2.24) is 20.4 Å². The summed E-state index contributed by atoms with van der Waals surface area (Å²) in [4.78, 5) is 4.19. The molecule has 0 fully saturated rings. The van der Waals surface area contributed by atoms with E-state index in [0.717, 1.165) is 22.9 Å². The van der Waals surface area contributed by atoms with E-state index in [9.17, 15) is 0 Å². The van der Waals surface area contributed by atoms with Crippen molar-refractivity contribution in [3.63, 3.8) is 0 Å². The average molecular weight is 339 g/mol. The normalized spacial score (nSPS) is 11.4. The summed E-state index contributed by atoms with van der Waals surface area (Å²) in [7, 11) is 3.38. The molecular formula is C18H21N5O2. The molecule has 130 valence electrons. The second-order valence-electron chi connectivity index (χ2n) is 5.31. The van der Waals surface area contributed by atoms with Crippen LogP contribution in [0.3, 0.4) is 0 Å². The Bertz CT molecular complexity index is 806. The van der Waals surface area contributed by atoms with Gasteiger partial charge in [0, 0.05) is 13.2 Å². The summed E-state index contributed by atoms with van der Waals surface area (Å²) in [5, 5.41) is 11.0. The third-order valence-corrected chi connectivity index (χ3v) is 3.65. The molecule has 25 heavy (non-hydrogen) atoms. The SMILES string of the molecule is CN=C(NCc1ccn(-c2ccc(OC)cc2)n1)NCc1ccco1. The van der Waals surface area contributed by atoms with Gasteiger partial charge in [0.05, 0.1) is 37.8 Å². The van der Waals surface area contributed by atoms with Crippen LogP contribution in [0, 0.1) is 0 Å². The van der Waals surface area contributed by atoms with Crippen molar-refractivity contribution in [2.24, 2.45) is 4.99 Å². The number of nitrogens with zero attached hydrogens (tertiary/aromatic N) is 3. The molecule has 0 aliphatic rings. The van der Waals surface area contributed by atoms with Crippen molar-refractivity contribution in [3.8, 4) is 11.4 Å². The third-order valence-electron chi connectivity index (χ3n) is 3.65. The molecule has 0 amide bonds. The van der Waals surface area contributed by atoms with Crippen LogP contribution in [0.2, 0.25) is 0 Å². The largest absolute Gasteiger partial charge is 0.497 e. The van der Waals surface area contributed by atoms with Gasteiger partial charge in [0.25, 0.3) is 0 Å². The molecule has 0 aliphatic heterocycles. The maximum absolute atomic E-state index is 5.29. The van der Waals surface area contributed by atoms with Crippen LogP contribution in [-0.4, -0.2) is 29.9 Å². The molecule has 2 heterocycles. The number of guanidine groups is 1. The van der Waals surface area contributed by atoms with Crippen molar-refractivity contribution in [3.05, 3.63) is 66.4 Å². The van der Waals surface area contributed by atoms with Gasteiger partial charge in [-0.05, 0) is 42.5 Å². The molecule has 7 heteroatoms. The Labute approximate surface area is 146 Å². The van der Waals surface area contributed by atoms with Gasteiger partial charge in [0.15, 0.2) is 5.96 Å². The van der Waals surface area contributed by atoms with Gasteiger partial charge in [-0.2, -0.15) is 5.10 Å². The number of aliphatic imine (C=N–C) groups is 1. The first-order chi connectivity index (χ1) is 12.3. The number of hydrogen-bond acceptors (Lipinski definition) is 4. The van der Waals surface area contributed by atoms with Gasteiger partial charge in [-0.15, -0.1) is 0 Å². The number of rotatable bonds is 6. The summed E-state index contributed by atoms with van der Waals surface area (Å²) in [6.07, 6.45) is 3.58. The summed E-state index contributed by atoms with van der Waals surface area (Å²) in [5.74, 6) is 2.37. The molecule has 3 aromatic rings. The second-order valence-corrected chi connectivity index (χ2v) is 5.31. The first kappa shape index (κ1) is 16.6. The number of ether oxygens (including phenoxy) is 1. The van der Waals surface area contributed by atoms with Gasteiger partial charge in [-0.3, -0.25) is 4.99 Å². The third kappa shape index (κ3) is 4.41. The maximum atomic E-state index is 5.29. The highest BCUT2D eigenvalue weighted by Crippen LogP contribution is 2.14. The van der Waals surface area contributed by atoms with E-state index in [-0.39, 0.29) is 0 Å². The smallest absolute Gasteiger partial charge is 0.191 e. The molecule has 0 bridgehead atoms. The molecule has 0 saturated heterocycles. The lowest BCUT2D eigenvalue weighted by Crippen LogP contribution is -2.36. The van der Waals surface area contributed by atoms with Crippen molar-refractivity contribution in [1.29, 1.82) is 0 Å². The quantitative estimate of drug-likeness (QED) is 0.532. The molecule has 1 aromatic carbocycles. The molecule has 0 radical (unpaired) electrons. The van der Waals surface area contributed by atoms with Gasteiger partial charge in [0.2, 0.25) is 0 Å². The average Bonchev–Trinajstić information content (AvgIpc) is 3.34. The summed E-state index contributed by atoms with van der Waals surface area (Å²) in [6, 6.07) is 13.5. The van der Waals surface area contributed by atoms with Crippen LogP contribution < -0.4 is 15.4 Å². The first-order valence-corrected chi connectivity index (χ1v) is 7.94. The van der Waals surface area contributed by atoms with Gasteiger partial charge >= 0.3 is 0 Å². The predicted molar refractivity (Wildman–Crippen MR) is 95.9 cm³/mol. The number of methoxy groups -OCH3 is 1. The molecule has 2 N–H and O–H groups in total. The van der Waals surface area contributed by atoms with Crippen LogP contribution in [0.25, 0.3) is 5.69 Å². The lowest BCUT2D eigenvalue weighted by atomic mass is 10.3. The molecule has 0 atom stereocenters. The summed E-state index contributed by atoms with van der Waals surface area (Å²) < 4.78 is 12.3. The van der Waals surface area contributed by atoms with Crippen molar-refractivity contribution in [2.45, 2.75) is 13.1 Å². The fourth-order valence-corrected chi connectivity index (χ4v) is 2.31. The van der Waals surface area contributed by atoms with E-state index in [1.54, 1.807) is 20.4 Å². The molecule has 0 spiro atoms.